The first-order valence-corrected chi connectivity index (χ1v) is 11.1. The zero-order chi connectivity index (χ0) is 20.9. The number of aryl methyl sites for hydroxylation is 1. The van der Waals surface area contributed by atoms with Gasteiger partial charge in [0.05, 0.1) is 30.0 Å². The van der Waals surface area contributed by atoms with Gasteiger partial charge in [-0.2, -0.15) is 0 Å². The van der Waals surface area contributed by atoms with E-state index in [4.69, 9.17) is 19.2 Å². The quantitative estimate of drug-likeness (QED) is 0.532. The zero-order valence-corrected chi connectivity index (χ0v) is 18.1. The summed E-state index contributed by atoms with van der Waals surface area (Å²) in [5.41, 5.74) is 2.16. The Morgan fingerprint density at radius 2 is 2.10 bits per heavy atom. The Bertz CT molecular complexity index is 1010. The summed E-state index contributed by atoms with van der Waals surface area (Å²) in [7, 11) is 1.60. The minimum Gasteiger partial charge on any atom is -0.497 e. The first kappa shape index (κ1) is 20.6. The van der Waals surface area contributed by atoms with E-state index in [0.29, 0.717) is 23.2 Å². The van der Waals surface area contributed by atoms with Crippen LogP contribution in [0.5, 0.6) is 11.5 Å². The lowest BCUT2D eigenvalue weighted by Crippen LogP contribution is -2.40. The highest BCUT2D eigenvalue weighted by atomic mass is 32.1. The third kappa shape index (κ3) is 4.57. The number of anilines is 1. The molecule has 1 fully saturated rings. The Labute approximate surface area is 180 Å². The van der Waals surface area contributed by atoms with E-state index in [1.807, 2.05) is 24.3 Å². The number of para-hydroxylation sites is 1. The number of carbonyl (C=O) groups excluding carboxylic acids is 1. The van der Waals surface area contributed by atoms with Crippen LogP contribution in [0.4, 0.5) is 5.13 Å². The van der Waals surface area contributed by atoms with E-state index >= 15 is 0 Å². The lowest BCUT2D eigenvalue weighted by molar-refractivity contribution is -0.120. The van der Waals surface area contributed by atoms with Gasteiger partial charge in [-0.1, -0.05) is 36.5 Å². The summed E-state index contributed by atoms with van der Waals surface area (Å²) < 4.78 is 17.9. The third-order valence-electron chi connectivity index (χ3n) is 5.22. The van der Waals surface area contributed by atoms with Crippen LogP contribution in [0.15, 0.2) is 42.5 Å². The van der Waals surface area contributed by atoms with Crippen LogP contribution in [0, 0.1) is 0 Å². The smallest absolute Gasteiger partial charge is 0.266 e. The van der Waals surface area contributed by atoms with Crippen LogP contribution < -0.4 is 14.4 Å². The van der Waals surface area contributed by atoms with Crippen molar-refractivity contribution in [2.24, 2.45) is 0 Å². The number of methoxy groups -OCH3 is 1. The highest BCUT2D eigenvalue weighted by molar-refractivity contribution is 7.22. The number of nitrogens with zero attached hydrogens (tertiary/aromatic N) is 2. The summed E-state index contributed by atoms with van der Waals surface area (Å²) in [5, 5.41) is 0.695. The Morgan fingerprint density at radius 1 is 1.27 bits per heavy atom. The molecule has 0 bridgehead atoms. The number of hydrogen-bond acceptors (Lipinski definition) is 6. The minimum absolute atomic E-state index is 0.0310. The zero-order valence-electron chi connectivity index (χ0n) is 17.3. The molecule has 0 aliphatic carbocycles. The molecule has 1 unspecified atom stereocenters. The van der Waals surface area contributed by atoms with Crippen LogP contribution in [0.1, 0.15) is 25.3 Å². The molecular weight excluding hydrogens is 400 g/mol. The number of thiazole rings is 1. The SMILES string of the molecule is CCc1cccc2sc(N(CC3CCCO3)C(=O)COc3cccc(OC)c3)nc12. The molecule has 0 spiro atoms. The van der Waals surface area contributed by atoms with Crippen LogP contribution in [0.2, 0.25) is 0 Å². The Hall–Kier alpha value is -2.64. The number of rotatable bonds is 8. The van der Waals surface area contributed by atoms with Gasteiger partial charge in [-0.3, -0.25) is 9.69 Å². The Kier molecular flexibility index (Phi) is 6.50. The average Bonchev–Trinajstić information content (AvgIpc) is 3.45. The fourth-order valence-electron chi connectivity index (χ4n) is 3.59. The molecule has 0 radical (unpaired) electrons. The highest BCUT2D eigenvalue weighted by Gasteiger charge is 2.26. The summed E-state index contributed by atoms with van der Waals surface area (Å²) in [6.07, 6.45) is 2.90. The van der Waals surface area contributed by atoms with Crippen molar-refractivity contribution in [1.82, 2.24) is 4.98 Å². The maximum absolute atomic E-state index is 13.2. The Morgan fingerprint density at radius 3 is 2.87 bits per heavy atom. The first-order chi connectivity index (χ1) is 14.7. The molecule has 2 heterocycles. The first-order valence-electron chi connectivity index (χ1n) is 10.2. The summed E-state index contributed by atoms with van der Waals surface area (Å²) in [6.45, 7) is 3.27. The number of ether oxygens (including phenoxy) is 3. The van der Waals surface area contributed by atoms with Gasteiger partial charge in [0.1, 0.15) is 11.5 Å². The van der Waals surface area contributed by atoms with Gasteiger partial charge in [0, 0.05) is 12.7 Å². The van der Waals surface area contributed by atoms with E-state index in [-0.39, 0.29) is 18.6 Å². The van der Waals surface area contributed by atoms with E-state index in [1.165, 1.54) is 16.9 Å². The van der Waals surface area contributed by atoms with Crippen LogP contribution in [-0.4, -0.2) is 43.9 Å². The van der Waals surface area contributed by atoms with Crippen molar-refractivity contribution in [1.29, 1.82) is 0 Å². The van der Waals surface area contributed by atoms with Crippen LogP contribution in [0.3, 0.4) is 0 Å². The fourth-order valence-corrected chi connectivity index (χ4v) is 4.63. The van der Waals surface area contributed by atoms with Gasteiger partial charge >= 0.3 is 0 Å². The molecule has 1 atom stereocenters. The summed E-state index contributed by atoms with van der Waals surface area (Å²) in [6, 6.07) is 13.4. The van der Waals surface area contributed by atoms with Crippen molar-refractivity contribution in [3.63, 3.8) is 0 Å². The maximum Gasteiger partial charge on any atom is 0.266 e. The minimum atomic E-state index is -0.134. The van der Waals surface area contributed by atoms with Gasteiger partial charge in [-0.15, -0.1) is 0 Å². The van der Waals surface area contributed by atoms with Crippen LogP contribution in [-0.2, 0) is 16.0 Å². The van der Waals surface area contributed by atoms with E-state index in [2.05, 4.69) is 19.1 Å². The predicted molar refractivity (Wildman–Crippen MR) is 119 cm³/mol. The van der Waals surface area contributed by atoms with Gasteiger partial charge < -0.3 is 14.2 Å². The van der Waals surface area contributed by atoms with Crippen molar-refractivity contribution < 1.29 is 19.0 Å². The second-order valence-electron chi connectivity index (χ2n) is 7.22. The molecule has 0 saturated carbocycles. The number of carbonyl (C=O) groups is 1. The number of amides is 1. The molecule has 30 heavy (non-hydrogen) atoms. The number of benzene rings is 2. The van der Waals surface area contributed by atoms with Gasteiger partial charge in [0.15, 0.2) is 11.7 Å². The molecule has 6 nitrogen and oxygen atoms in total. The molecule has 4 rings (SSSR count). The third-order valence-corrected chi connectivity index (χ3v) is 6.26. The molecule has 1 amide bonds. The number of fused-ring (bicyclic) bond motifs is 1. The predicted octanol–water partition coefficient (Wildman–Crippen LogP) is 4.46. The lowest BCUT2D eigenvalue weighted by Gasteiger charge is -2.23. The Balaban J connectivity index is 1.56. The molecular formula is C23H26N2O4S. The summed E-state index contributed by atoms with van der Waals surface area (Å²) in [5.74, 6) is 1.15. The van der Waals surface area contributed by atoms with Gasteiger partial charge in [0.25, 0.3) is 5.91 Å². The number of hydrogen-bond donors (Lipinski definition) is 0. The standard InChI is InChI=1S/C23H26N2O4S/c1-3-16-7-4-11-20-22(16)24-23(30-20)25(14-19-10-6-12-28-19)21(26)15-29-18-9-5-8-17(13-18)27-2/h4-5,7-9,11,13,19H,3,6,10,12,14-15H2,1-2H3. The molecule has 1 aliphatic rings. The van der Waals surface area contributed by atoms with Crippen molar-refractivity contribution >= 4 is 32.6 Å². The van der Waals surface area contributed by atoms with Crippen LogP contribution in [0.25, 0.3) is 10.2 Å². The molecule has 0 N–H and O–H groups in total. The van der Waals surface area contributed by atoms with Gasteiger partial charge in [-0.25, -0.2) is 4.98 Å². The lowest BCUT2D eigenvalue weighted by atomic mass is 10.1. The summed E-state index contributed by atoms with van der Waals surface area (Å²) in [4.78, 5) is 19.7. The molecule has 1 aromatic heterocycles. The molecule has 2 aromatic carbocycles. The van der Waals surface area contributed by atoms with E-state index < -0.39 is 0 Å². The molecule has 3 aromatic rings. The monoisotopic (exact) mass is 426 g/mol. The van der Waals surface area contributed by atoms with Crippen molar-refractivity contribution in [3.8, 4) is 11.5 Å². The molecule has 1 saturated heterocycles. The maximum atomic E-state index is 13.2. The second kappa shape index (κ2) is 9.45. The van der Waals surface area contributed by atoms with Crippen LogP contribution >= 0.6 is 11.3 Å². The van der Waals surface area contributed by atoms with Gasteiger partial charge in [0.2, 0.25) is 0 Å². The van der Waals surface area contributed by atoms with Crippen molar-refractivity contribution in [2.45, 2.75) is 32.3 Å². The molecule has 1 aliphatic heterocycles. The second-order valence-corrected chi connectivity index (χ2v) is 8.23. The van der Waals surface area contributed by atoms with Crippen molar-refractivity contribution in [2.75, 3.05) is 31.8 Å². The largest absolute Gasteiger partial charge is 0.497 e. The van der Waals surface area contributed by atoms with E-state index in [9.17, 15) is 4.79 Å². The normalized spacial score (nSPS) is 16.0. The summed E-state index contributed by atoms with van der Waals surface area (Å²) >= 11 is 1.54. The van der Waals surface area contributed by atoms with Crippen molar-refractivity contribution in [3.05, 3.63) is 48.0 Å². The molecule has 158 valence electrons. The van der Waals surface area contributed by atoms with E-state index in [0.717, 1.165) is 36.1 Å². The molecule has 7 heteroatoms. The average molecular weight is 427 g/mol. The topological polar surface area (TPSA) is 60.9 Å². The fraction of sp³-hybridized carbons (Fsp3) is 0.391. The highest BCUT2D eigenvalue weighted by Crippen LogP contribution is 2.32. The number of aromatic nitrogens is 1. The van der Waals surface area contributed by atoms with Gasteiger partial charge in [-0.05, 0) is 43.0 Å². The van der Waals surface area contributed by atoms with E-state index in [1.54, 1.807) is 18.1 Å².